The van der Waals surface area contributed by atoms with E-state index in [4.69, 9.17) is 5.11 Å². The second kappa shape index (κ2) is 9.14. The summed E-state index contributed by atoms with van der Waals surface area (Å²) < 4.78 is 25.9. The number of hydrogen-bond donors (Lipinski definition) is 2. The normalized spacial score (nSPS) is 16.3. The largest absolute Gasteiger partial charge is 0.481 e. The number of nitrogens with one attached hydrogen (secondary N) is 1. The van der Waals surface area contributed by atoms with E-state index in [1.54, 1.807) is 24.3 Å². The molecule has 2 rings (SSSR count). The van der Waals surface area contributed by atoms with Gasteiger partial charge in [0.25, 0.3) is 0 Å². The van der Waals surface area contributed by atoms with Gasteiger partial charge in [-0.1, -0.05) is 25.5 Å². The van der Waals surface area contributed by atoms with E-state index in [9.17, 15) is 18.0 Å². The fourth-order valence-corrected chi connectivity index (χ4v) is 4.66. The van der Waals surface area contributed by atoms with Gasteiger partial charge in [-0.15, -0.1) is 0 Å². The SMILES string of the molecule is CCCCS(=O)(=O)N1CCC(C(=O)Nc2ccc(CC(=O)O)cc2)CC1. The van der Waals surface area contributed by atoms with E-state index < -0.39 is 16.0 Å². The van der Waals surface area contributed by atoms with Gasteiger partial charge in [0.1, 0.15) is 0 Å². The molecule has 0 spiro atoms. The van der Waals surface area contributed by atoms with E-state index in [0.29, 0.717) is 43.6 Å². The summed E-state index contributed by atoms with van der Waals surface area (Å²) in [5, 5.41) is 11.6. The molecule has 1 aromatic rings. The Kier molecular flexibility index (Phi) is 7.16. The summed E-state index contributed by atoms with van der Waals surface area (Å²) in [5.41, 5.74) is 1.28. The van der Waals surface area contributed by atoms with Crippen LogP contribution in [0.3, 0.4) is 0 Å². The number of rotatable bonds is 8. The number of amides is 1. The van der Waals surface area contributed by atoms with Crippen LogP contribution < -0.4 is 5.32 Å². The second-order valence-electron chi connectivity index (χ2n) is 6.60. The molecule has 26 heavy (non-hydrogen) atoms. The molecule has 1 heterocycles. The maximum atomic E-state index is 12.4. The van der Waals surface area contributed by atoms with Gasteiger partial charge in [0, 0.05) is 24.7 Å². The van der Waals surface area contributed by atoms with Gasteiger partial charge in [0.2, 0.25) is 15.9 Å². The summed E-state index contributed by atoms with van der Waals surface area (Å²) in [6.07, 6.45) is 2.45. The quantitative estimate of drug-likeness (QED) is 0.716. The average molecular weight is 382 g/mol. The Labute approximate surface area is 154 Å². The number of carbonyl (C=O) groups is 2. The average Bonchev–Trinajstić information content (AvgIpc) is 2.61. The molecule has 0 aromatic heterocycles. The molecule has 1 amide bonds. The topological polar surface area (TPSA) is 104 Å². The Morgan fingerprint density at radius 1 is 1.19 bits per heavy atom. The number of piperidine rings is 1. The van der Waals surface area contributed by atoms with Crippen LogP contribution in [0, 0.1) is 5.92 Å². The number of carboxylic acid groups (broad SMARTS) is 1. The Morgan fingerprint density at radius 2 is 1.81 bits per heavy atom. The van der Waals surface area contributed by atoms with Gasteiger partial charge in [-0.05, 0) is 37.0 Å². The molecule has 0 radical (unpaired) electrons. The molecule has 0 aliphatic carbocycles. The van der Waals surface area contributed by atoms with Gasteiger partial charge >= 0.3 is 5.97 Å². The lowest BCUT2D eigenvalue weighted by molar-refractivity contribution is -0.136. The lowest BCUT2D eigenvalue weighted by Crippen LogP contribution is -2.42. The molecule has 0 unspecified atom stereocenters. The number of unbranched alkanes of at least 4 members (excludes halogenated alkanes) is 1. The molecular formula is C18H26N2O5S. The zero-order valence-electron chi connectivity index (χ0n) is 15.0. The molecule has 8 heteroatoms. The van der Waals surface area contributed by atoms with Crippen LogP contribution in [0.4, 0.5) is 5.69 Å². The van der Waals surface area contributed by atoms with Crippen LogP contribution in [-0.2, 0) is 26.0 Å². The third kappa shape index (κ3) is 5.81. The van der Waals surface area contributed by atoms with E-state index in [0.717, 1.165) is 6.42 Å². The zero-order valence-corrected chi connectivity index (χ0v) is 15.8. The summed E-state index contributed by atoms with van der Waals surface area (Å²) in [4.78, 5) is 23.1. The van der Waals surface area contributed by atoms with Crippen molar-refractivity contribution in [2.24, 2.45) is 5.92 Å². The highest BCUT2D eigenvalue weighted by atomic mass is 32.2. The fourth-order valence-electron chi connectivity index (χ4n) is 2.98. The highest BCUT2D eigenvalue weighted by molar-refractivity contribution is 7.89. The molecule has 7 nitrogen and oxygen atoms in total. The van der Waals surface area contributed by atoms with Crippen LogP contribution in [0.2, 0.25) is 0 Å². The standard InChI is InChI=1S/C18H26N2O5S/c1-2-3-12-26(24,25)20-10-8-15(9-11-20)18(23)19-16-6-4-14(5-7-16)13-17(21)22/h4-7,15H,2-3,8-13H2,1H3,(H,19,23)(H,21,22). The lowest BCUT2D eigenvalue weighted by Gasteiger charge is -2.30. The predicted molar refractivity (Wildman–Crippen MR) is 99.4 cm³/mol. The van der Waals surface area contributed by atoms with Gasteiger partial charge < -0.3 is 10.4 Å². The van der Waals surface area contributed by atoms with Gasteiger partial charge in [-0.25, -0.2) is 12.7 Å². The van der Waals surface area contributed by atoms with E-state index in [1.165, 1.54) is 4.31 Å². The number of hydrogen-bond acceptors (Lipinski definition) is 4. The highest BCUT2D eigenvalue weighted by Gasteiger charge is 2.30. The number of carbonyl (C=O) groups excluding carboxylic acids is 1. The first-order valence-corrected chi connectivity index (χ1v) is 10.5. The smallest absolute Gasteiger partial charge is 0.307 e. The van der Waals surface area contributed by atoms with Crippen molar-refractivity contribution in [2.45, 2.75) is 39.0 Å². The summed E-state index contributed by atoms with van der Waals surface area (Å²) in [5.74, 6) is -1.07. The third-order valence-corrected chi connectivity index (χ3v) is 6.51. The van der Waals surface area contributed by atoms with E-state index in [1.807, 2.05) is 6.92 Å². The minimum atomic E-state index is -3.21. The molecule has 0 atom stereocenters. The molecule has 144 valence electrons. The highest BCUT2D eigenvalue weighted by Crippen LogP contribution is 2.22. The monoisotopic (exact) mass is 382 g/mol. The number of aliphatic carboxylic acids is 1. The summed E-state index contributed by atoms with van der Waals surface area (Å²) >= 11 is 0. The third-order valence-electron chi connectivity index (χ3n) is 4.55. The molecule has 2 N–H and O–H groups in total. The van der Waals surface area contributed by atoms with Crippen LogP contribution in [0.15, 0.2) is 24.3 Å². The van der Waals surface area contributed by atoms with E-state index in [2.05, 4.69) is 5.32 Å². The Hall–Kier alpha value is -1.93. The van der Waals surface area contributed by atoms with Gasteiger partial charge in [0.05, 0.1) is 12.2 Å². The molecule has 0 saturated carbocycles. The Bertz CT molecular complexity index is 722. The first kappa shape index (κ1) is 20.4. The van der Waals surface area contributed by atoms with Gasteiger partial charge in [-0.2, -0.15) is 0 Å². The van der Waals surface area contributed by atoms with Crippen LogP contribution >= 0.6 is 0 Å². The van der Waals surface area contributed by atoms with E-state index >= 15 is 0 Å². The molecule has 1 aliphatic rings. The molecule has 1 saturated heterocycles. The van der Waals surface area contributed by atoms with Gasteiger partial charge in [-0.3, -0.25) is 9.59 Å². The number of anilines is 1. The van der Waals surface area contributed by atoms with Crippen molar-refractivity contribution in [3.05, 3.63) is 29.8 Å². The Balaban J connectivity index is 1.85. The fraction of sp³-hybridized carbons (Fsp3) is 0.556. The van der Waals surface area contributed by atoms with Crippen LogP contribution in [0.5, 0.6) is 0 Å². The van der Waals surface area contributed by atoms with Crippen molar-refractivity contribution in [1.82, 2.24) is 4.31 Å². The molecule has 1 aliphatic heterocycles. The zero-order chi connectivity index (χ0) is 19.2. The molecular weight excluding hydrogens is 356 g/mol. The van der Waals surface area contributed by atoms with Gasteiger partial charge in [0.15, 0.2) is 0 Å². The first-order chi connectivity index (χ1) is 12.3. The number of carboxylic acids is 1. The van der Waals surface area contributed by atoms with Crippen molar-refractivity contribution in [2.75, 3.05) is 24.2 Å². The Morgan fingerprint density at radius 3 is 2.35 bits per heavy atom. The van der Waals surface area contributed by atoms with Crippen molar-refractivity contribution in [3.8, 4) is 0 Å². The maximum absolute atomic E-state index is 12.4. The number of benzene rings is 1. The van der Waals surface area contributed by atoms with E-state index in [-0.39, 0.29) is 24.0 Å². The number of sulfonamides is 1. The van der Waals surface area contributed by atoms with Crippen LogP contribution in [-0.4, -0.2) is 48.5 Å². The minimum absolute atomic E-state index is 0.0564. The molecule has 1 aromatic carbocycles. The minimum Gasteiger partial charge on any atom is -0.481 e. The first-order valence-electron chi connectivity index (χ1n) is 8.91. The summed E-state index contributed by atoms with van der Waals surface area (Å²) in [6, 6.07) is 6.71. The van der Waals surface area contributed by atoms with Crippen molar-refractivity contribution in [1.29, 1.82) is 0 Å². The van der Waals surface area contributed by atoms with Crippen molar-refractivity contribution in [3.63, 3.8) is 0 Å². The second-order valence-corrected chi connectivity index (χ2v) is 8.69. The summed E-state index contributed by atoms with van der Waals surface area (Å²) in [6.45, 7) is 2.71. The lowest BCUT2D eigenvalue weighted by atomic mass is 9.97. The van der Waals surface area contributed by atoms with Crippen LogP contribution in [0.1, 0.15) is 38.2 Å². The van der Waals surface area contributed by atoms with Crippen molar-refractivity contribution >= 4 is 27.6 Å². The maximum Gasteiger partial charge on any atom is 0.307 e. The molecule has 1 fully saturated rings. The summed E-state index contributed by atoms with van der Waals surface area (Å²) in [7, 11) is -3.21. The molecule has 0 bridgehead atoms. The van der Waals surface area contributed by atoms with Crippen molar-refractivity contribution < 1.29 is 23.1 Å². The number of nitrogens with zero attached hydrogens (tertiary/aromatic N) is 1. The van der Waals surface area contributed by atoms with Crippen LogP contribution in [0.25, 0.3) is 0 Å². The predicted octanol–water partition coefficient (Wildman–Crippen LogP) is 2.09.